The smallest absolute Gasteiger partial charge is 0.277 e. The molecule has 0 radical (unpaired) electrons. The first-order valence-corrected chi connectivity index (χ1v) is 12.2. The molecule has 0 bridgehead atoms. The number of hydrogen-bond acceptors (Lipinski definition) is 6. The van der Waals surface area contributed by atoms with Crippen molar-refractivity contribution in [1.82, 2.24) is 19.5 Å². The fraction of sp³-hybridized carbons (Fsp3) is 0.308. The number of carbonyl (C=O) groups is 1. The van der Waals surface area contributed by atoms with E-state index in [4.69, 9.17) is 4.98 Å². The lowest BCUT2D eigenvalue weighted by atomic mass is 9.86. The summed E-state index contributed by atoms with van der Waals surface area (Å²) in [5.74, 6) is 0.674. The summed E-state index contributed by atoms with van der Waals surface area (Å²) in [6.45, 7) is 8.90. The Morgan fingerprint density at radius 2 is 1.62 bits per heavy atom. The molecule has 174 valence electrons. The zero-order chi connectivity index (χ0) is 23.9. The number of rotatable bonds is 3. The lowest BCUT2D eigenvalue weighted by Gasteiger charge is -2.35. The van der Waals surface area contributed by atoms with Crippen LogP contribution < -0.4 is 10.5 Å². The predicted molar refractivity (Wildman–Crippen MR) is 136 cm³/mol. The van der Waals surface area contributed by atoms with Crippen LogP contribution in [0.25, 0.3) is 15.5 Å². The van der Waals surface area contributed by atoms with Gasteiger partial charge in [0.1, 0.15) is 10.8 Å². The van der Waals surface area contributed by atoms with Crippen LogP contribution in [0.15, 0.2) is 65.5 Å². The van der Waals surface area contributed by atoms with E-state index in [0.29, 0.717) is 42.5 Å². The summed E-state index contributed by atoms with van der Waals surface area (Å²) in [5, 5.41) is 5.21. The van der Waals surface area contributed by atoms with Crippen LogP contribution in [0.2, 0.25) is 0 Å². The summed E-state index contributed by atoms with van der Waals surface area (Å²) >= 11 is 1.40. The number of anilines is 1. The van der Waals surface area contributed by atoms with Crippen LogP contribution in [0.3, 0.4) is 0 Å². The Hall–Kier alpha value is -3.52. The molecule has 0 aliphatic carbocycles. The summed E-state index contributed by atoms with van der Waals surface area (Å²) in [6, 6.07) is 19.2. The molecule has 0 atom stereocenters. The lowest BCUT2D eigenvalue weighted by molar-refractivity contribution is 0.0746. The Bertz CT molecular complexity index is 1380. The van der Waals surface area contributed by atoms with Crippen LogP contribution in [0.5, 0.6) is 0 Å². The van der Waals surface area contributed by atoms with Crippen molar-refractivity contribution >= 4 is 28.0 Å². The van der Waals surface area contributed by atoms with Crippen LogP contribution in [-0.2, 0) is 5.41 Å². The third-order valence-electron chi connectivity index (χ3n) is 6.14. The van der Waals surface area contributed by atoms with Gasteiger partial charge < -0.3 is 9.80 Å². The molecule has 1 saturated heterocycles. The molecule has 3 heterocycles. The van der Waals surface area contributed by atoms with Crippen molar-refractivity contribution in [2.24, 2.45) is 0 Å². The fourth-order valence-corrected chi connectivity index (χ4v) is 5.00. The van der Waals surface area contributed by atoms with Gasteiger partial charge in [-0.1, -0.05) is 74.6 Å². The maximum absolute atomic E-state index is 13.0. The van der Waals surface area contributed by atoms with Crippen molar-refractivity contribution in [2.75, 3.05) is 31.1 Å². The maximum Gasteiger partial charge on any atom is 0.277 e. The van der Waals surface area contributed by atoms with Crippen molar-refractivity contribution in [3.63, 3.8) is 0 Å². The third-order valence-corrected chi connectivity index (χ3v) is 7.10. The average Bonchev–Trinajstić information content (AvgIpc) is 3.29. The van der Waals surface area contributed by atoms with Crippen LogP contribution in [0.4, 0.5) is 5.82 Å². The van der Waals surface area contributed by atoms with Gasteiger partial charge in [-0.25, -0.2) is 4.98 Å². The Morgan fingerprint density at radius 3 is 2.26 bits per heavy atom. The monoisotopic (exact) mass is 473 g/mol. The number of fused-ring (bicyclic) bond motifs is 1. The molecule has 0 N–H and O–H groups in total. The molecule has 4 aromatic rings. The number of hydrogen-bond donors (Lipinski definition) is 0. The second-order valence-corrected chi connectivity index (χ2v) is 10.5. The predicted octanol–water partition coefficient (Wildman–Crippen LogP) is 4.08. The number of amides is 1. The molecular weight excluding hydrogens is 446 g/mol. The highest BCUT2D eigenvalue weighted by molar-refractivity contribution is 7.19. The molecule has 1 aliphatic rings. The summed E-state index contributed by atoms with van der Waals surface area (Å²) in [6.07, 6.45) is 0. The summed E-state index contributed by atoms with van der Waals surface area (Å²) in [5.41, 5.74) is 2.73. The molecule has 0 unspecified atom stereocenters. The molecule has 1 aliphatic heterocycles. The SMILES string of the molecule is CC(C)(C)c1ccc(C(=O)N2CCN(c3cc(=O)n4nc(-c5ccccc5)sc4n3)CC2)cc1. The Kier molecular flexibility index (Phi) is 5.69. The van der Waals surface area contributed by atoms with Crippen molar-refractivity contribution in [3.05, 3.63) is 82.1 Å². The Labute approximate surface area is 202 Å². The number of piperazine rings is 1. The molecule has 8 heteroatoms. The normalized spacial score (nSPS) is 14.6. The minimum Gasteiger partial charge on any atom is -0.353 e. The average molecular weight is 474 g/mol. The van der Waals surface area contributed by atoms with Crippen LogP contribution in [0, 0.1) is 0 Å². The fourth-order valence-electron chi connectivity index (χ4n) is 4.09. The summed E-state index contributed by atoms with van der Waals surface area (Å²) < 4.78 is 1.36. The van der Waals surface area contributed by atoms with Gasteiger partial charge in [0.25, 0.3) is 11.5 Å². The van der Waals surface area contributed by atoms with Crippen LogP contribution in [0.1, 0.15) is 36.7 Å². The number of aromatic nitrogens is 3. The van der Waals surface area contributed by atoms with Gasteiger partial charge in [-0.3, -0.25) is 9.59 Å². The molecule has 1 amide bonds. The van der Waals surface area contributed by atoms with E-state index in [-0.39, 0.29) is 16.9 Å². The van der Waals surface area contributed by atoms with Gasteiger partial charge >= 0.3 is 0 Å². The molecule has 2 aromatic heterocycles. The number of benzene rings is 2. The Balaban J connectivity index is 1.30. The molecule has 2 aromatic carbocycles. The van der Waals surface area contributed by atoms with Gasteiger partial charge in [0, 0.05) is 43.4 Å². The number of nitrogens with zero attached hydrogens (tertiary/aromatic N) is 5. The molecule has 5 rings (SSSR count). The van der Waals surface area contributed by atoms with E-state index >= 15 is 0 Å². The third kappa shape index (κ3) is 4.33. The highest BCUT2D eigenvalue weighted by Gasteiger charge is 2.24. The van der Waals surface area contributed by atoms with Gasteiger partial charge in [0.15, 0.2) is 0 Å². The quantitative estimate of drug-likeness (QED) is 0.448. The van der Waals surface area contributed by atoms with Crippen LogP contribution in [-0.4, -0.2) is 51.6 Å². The first-order valence-electron chi connectivity index (χ1n) is 11.4. The van der Waals surface area contributed by atoms with E-state index in [2.05, 4.69) is 30.8 Å². The summed E-state index contributed by atoms with van der Waals surface area (Å²) in [7, 11) is 0. The first kappa shape index (κ1) is 22.3. The molecular formula is C26H27N5O2S. The molecule has 34 heavy (non-hydrogen) atoms. The van der Waals surface area contributed by atoms with E-state index < -0.39 is 0 Å². The van der Waals surface area contributed by atoms with Crippen molar-refractivity contribution in [3.8, 4) is 10.6 Å². The van der Waals surface area contributed by atoms with E-state index in [0.717, 1.165) is 10.6 Å². The zero-order valence-corrected chi connectivity index (χ0v) is 20.4. The van der Waals surface area contributed by atoms with Crippen molar-refractivity contribution in [2.45, 2.75) is 26.2 Å². The van der Waals surface area contributed by atoms with Gasteiger partial charge in [-0.15, -0.1) is 0 Å². The highest BCUT2D eigenvalue weighted by atomic mass is 32.1. The number of carbonyl (C=O) groups excluding carboxylic acids is 1. The van der Waals surface area contributed by atoms with Crippen molar-refractivity contribution in [1.29, 1.82) is 0 Å². The summed E-state index contributed by atoms with van der Waals surface area (Å²) in [4.78, 5) is 34.9. The van der Waals surface area contributed by atoms with Gasteiger partial charge in [0.05, 0.1) is 0 Å². The lowest BCUT2D eigenvalue weighted by Crippen LogP contribution is -2.49. The standard InChI is InChI=1S/C26H27N5O2S/c1-26(2,3)20-11-9-19(10-12-20)24(33)30-15-13-29(14-16-30)21-17-22(32)31-25(27-21)34-23(28-31)18-7-5-4-6-8-18/h4-12,17H,13-16H2,1-3H3. The maximum atomic E-state index is 13.0. The van der Waals surface area contributed by atoms with Gasteiger partial charge in [-0.2, -0.15) is 9.61 Å². The second-order valence-electron chi connectivity index (χ2n) is 9.53. The zero-order valence-electron chi connectivity index (χ0n) is 19.6. The molecule has 0 spiro atoms. The second kappa shape index (κ2) is 8.68. The van der Waals surface area contributed by atoms with Crippen LogP contribution >= 0.6 is 11.3 Å². The van der Waals surface area contributed by atoms with Gasteiger partial charge in [0.2, 0.25) is 4.96 Å². The molecule has 1 fully saturated rings. The first-order chi connectivity index (χ1) is 16.3. The van der Waals surface area contributed by atoms with E-state index in [1.54, 1.807) is 0 Å². The minimum atomic E-state index is -0.198. The van der Waals surface area contributed by atoms with E-state index in [9.17, 15) is 9.59 Å². The largest absolute Gasteiger partial charge is 0.353 e. The topological polar surface area (TPSA) is 70.8 Å². The Morgan fingerprint density at radius 1 is 0.941 bits per heavy atom. The molecule has 0 saturated carbocycles. The minimum absolute atomic E-state index is 0.0403. The molecule has 7 nitrogen and oxygen atoms in total. The van der Waals surface area contributed by atoms with E-state index in [1.165, 1.54) is 27.5 Å². The van der Waals surface area contributed by atoms with Crippen molar-refractivity contribution < 1.29 is 4.79 Å². The van der Waals surface area contributed by atoms with E-state index in [1.807, 2.05) is 59.5 Å². The van der Waals surface area contributed by atoms with Gasteiger partial charge in [-0.05, 0) is 23.1 Å². The highest BCUT2D eigenvalue weighted by Crippen LogP contribution is 2.26.